The Morgan fingerprint density at radius 2 is 1.77 bits per heavy atom. The molecule has 76 valence electrons. The highest BCUT2D eigenvalue weighted by Crippen LogP contribution is 2.09. The van der Waals surface area contributed by atoms with Crippen LogP contribution in [0.25, 0.3) is 0 Å². The smallest absolute Gasteiger partial charge is 0.223 e. The molecule has 3 nitrogen and oxygen atoms in total. The van der Waals surface area contributed by atoms with E-state index in [2.05, 4.69) is 5.32 Å². The molecule has 4 heteroatoms. The van der Waals surface area contributed by atoms with Crippen molar-refractivity contribution in [3.05, 3.63) is 0 Å². The normalized spacial score (nSPS) is 15.2. The number of hydrogen-bond acceptors (Lipinski definition) is 2. The molecule has 0 aliphatic rings. The van der Waals surface area contributed by atoms with Crippen LogP contribution in [0, 0.1) is 11.8 Å². The summed E-state index contributed by atoms with van der Waals surface area (Å²) in [5, 5.41) is 2.76. The van der Waals surface area contributed by atoms with Crippen molar-refractivity contribution >= 4 is 23.1 Å². The topological polar surface area (TPSA) is 55.1 Å². The lowest BCUT2D eigenvalue weighted by Crippen LogP contribution is -2.44. The minimum Gasteiger partial charge on any atom is -0.392 e. The lowest BCUT2D eigenvalue weighted by molar-refractivity contribution is -0.125. The molecule has 2 unspecified atom stereocenters. The fourth-order valence-corrected chi connectivity index (χ4v) is 0.778. The van der Waals surface area contributed by atoms with E-state index in [4.69, 9.17) is 18.0 Å². The summed E-state index contributed by atoms with van der Waals surface area (Å²) in [6.45, 7) is 7.70. The lowest BCUT2D eigenvalue weighted by atomic mass is 9.97. The molecule has 2 atom stereocenters. The van der Waals surface area contributed by atoms with Crippen LogP contribution in [-0.4, -0.2) is 16.9 Å². The average Bonchev–Trinajstić information content (AvgIpc) is 2.02. The van der Waals surface area contributed by atoms with Gasteiger partial charge in [-0.3, -0.25) is 4.79 Å². The summed E-state index contributed by atoms with van der Waals surface area (Å²) >= 11 is 4.75. The monoisotopic (exact) mass is 202 g/mol. The maximum atomic E-state index is 11.5. The van der Waals surface area contributed by atoms with Crippen LogP contribution in [0.4, 0.5) is 0 Å². The van der Waals surface area contributed by atoms with Gasteiger partial charge in [0.2, 0.25) is 5.91 Å². The Labute approximate surface area is 85.1 Å². The van der Waals surface area contributed by atoms with E-state index >= 15 is 0 Å². The van der Waals surface area contributed by atoms with Crippen molar-refractivity contribution in [2.24, 2.45) is 17.6 Å². The van der Waals surface area contributed by atoms with Gasteiger partial charge in [0.1, 0.15) is 0 Å². The van der Waals surface area contributed by atoms with Crippen LogP contribution in [0.5, 0.6) is 0 Å². The highest BCUT2D eigenvalue weighted by Gasteiger charge is 2.18. The van der Waals surface area contributed by atoms with Crippen LogP contribution in [0.2, 0.25) is 0 Å². The summed E-state index contributed by atoms with van der Waals surface area (Å²) in [6, 6.07) is -0.219. The number of nitrogens with one attached hydrogen (secondary N) is 1. The van der Waals surface area contributed by atoms with E-state index in [0.29, 0.717) is 10.9 Å². The van der Waals surface area contributed by atoms with Crippen molar-refractivity contribution in [1.82, 2.24) is 5.32 Å². The van der Waals surface area contributed by atoms with Crippen molar-refractivity contribution < 1.29 is 4.79 Å². The van der Waals surface area contributed by atoms with Crippen LogP contribution in [0.3, 0.4) is 0 Å². The molecule has 1 amide bonds. The zero-order valence-corrected chi connectivity index (χ0v) is 9.44. The summed E-state index contributed by atoms with van der Waals surface area (Å²) in [7, 11) is 0. The summed E-state index contributed by atoms with van der Waals surface area (Å²) in [5.74, 6) is 0.339. The molecule has 0 rings (SSSR count). The van der Waals surface area contributed by atoms with E-state index in [0.717, 1.165) is 0 Å². The Kier molecular flexibility index (Phi) is 4.91. The van der Waals surface area contributed by atoms with Crippen LogP contribution >= 0.6 is 12.2 Å². The third-order valence-electron chi connectivity index (χ3n) is 2.20. The summed E-state index contributed by atoms with van der Waals surface area (Å²) in [4.78, 5) is 11.8. The van der Waals surface area contributed by atoms with E-state index < -0.39 is 0 Å². The molecule has 0 saturated heterocycles. The molecule has 0 bridgehead atoms. The number of carbonyl (C=O) groups excluding carboxylic acids is 1. The van der Waals surface area contributed by atoms with E-state index in [9.17, 15) is 4.79 Å². The van der Waals surface area contributed by atoms with Crippen molar-refractivity contribution in [3.8, 4) is 0 Å². The molecule has 13 heavy (non-hydrogen) atoms. The first-order chi connectivity index (χ1) is 5.86. The zero-order valence-electron chi connectivity index (χ0n) is 8.63. The van der Waals surface area contributed by atoms with Crippen LogP contribution < -0.4 is 11.1 Å². The molecule has 0 aliphatic heterocycles. The van der Waals surface area contributed by atoms with Gasteiger partial charge in [-0.1, -0.05) is 33.0 Å². The van der Waals surface area contributed by atoms with Gasteiger partial charge in [-0.15, -0.1) is 0 Å². The number of hydrogen-bond donors (Lipinski definition) is 2. The number of amides is 1. The third kappa shape index (κ3) is 4.22. The number of nitrogens with two attached hydrogens (primary N) is 1. The molecule has 3 N–H and O–H groups in total. The third-order valence-corrected chi connectivity index (χ3v) is 2.55. The van der Waals surface area contributed by atoms with Crippen LogP contribution in [-0.2, 0) is 4.79 Å². The molecule has 0 aliphatic carbocycles. The zero-order chi connectivity index (χ0) is 10.6. The Morgan fingerprint density at radius 1 is 1.31 bits per heavy atom. The fourth-order valence-electron chi connectivity index (χ4n) is 0.719. The predicted octanol–water partition coefficient (Wildman–Crippen LogP) is 1.07. The first kappa shape index (κ1) is 12.4. The van der Waals surface area contributed by atoms with E-state index in [1.807, 2.05) is 20.8 Å². The standard InChI is InChI=1S/C9H18N2OS/c1-5(2)6(3)9(12)11-7(4)8(10)13/h5-7H,1-4H3,(H2,10,13)(H,11,12). The predicted molar refractivity (Wildman–Crippen MR) is 58.4 cm³/mol. The molecule has 0 aromatic rings. The average molecular weight is 202 g/mol. The van der Waals surface area contributed by atoms with Gasteiger partial charge >= 0.3 is 0 Å². The first-order valence-electron chi connectivity index (χ1n) is 4.46. The molecular formula is C9H18N2OS. The highest BCUT2D eigenvalue weighted by molar-refractivity contribution is 7.80. The lowest BCUT2D eigenvalue weighted by Gasteiger charge is -2.18. The fraction of sp³-hybridized carbons (Fsp3) is 0.778. The van der Waals surface area contributed by atoms with Crippen LogP contribution in [0.15, 0.2) is 0 Å². The number of rotatable bonds is 4. The maximum absolute atomic E-state index is 11.5. The number of thiocarbonyl (C=S) groups is 1. The molecule has 0 heterocycles. The Hall–Kier alpha value is -0.640. The van der Waals surface area contributed by atoms with Gasteiger partial charge in [0.15, 0.2) is 0 Å². The van der Waals surface area contributed by atoms with E-state index in [-0.39, 0.29) is 17.9 Å². The van der Waals surface area contributed by atoms with E-state index in [1.165, 1.54) is 0 Å². The molecule has 0 aromatic carbocycles. The molecule has 0 radical (unpaired) electrons. The van der Waals surface area contributed by atoms with Gasteiger partial charge in [0, 0.05) is 5.92 Å². The van der Waals surface area contributed by atoms with E-state index in [1.54, 1.807) is 6.92 Å². The van der Waals surface area contributed by atoms with Gasteiger partial charge in [0.25, 0.3) is 0 Å². The van der Waals surface area contributed by atoms with Gasteiger partial charge in [-0.2, -0.15) is 0 Å². The Morgan fingerprint density at radius 3 is 2.08 bits per heavy atom. The second-order valence-corrected chi connectivity index (χ2v) is 4.14. The summed E-state index contributed by atoms with van der Waals surface area (Å²) < 4.78 is 0. The molecule has 0 saturated carbocycles. The van der Waals surface area contributed by atoms with Crippen molar-refractivity contribution in [2.45, 2.75) is 33.7 Å². The molecular weight excluding hydrogens is 184 g/mol. The Balaban J connectivity index is 4.08. The van der Waals surface area contributed by atoms with Crippen molar-refractivity contribution in [1.29, 1.82) is 0 Å². The minimum absolute atomic E-state index is 0.00296. The molecule has 0 aromatic heterocycles. The summed E-state index contributed by atoms with van der Waals surface area (Å²) in [6.07, 6.45) is 0. The quantitative estimate of drug-likeness (QED) is 0.670. The van der Waals surface area contributed by atoms with Crippen LogP contribution in [0.1, 0.15) is 27.7 Å². The molecule has 0 fully saturated rings. The molecule has 0 spiro atoms. The highest BCUT2D eigenvalue weighted by atomic mass is 32.1. The van der Waals surface area contributed by atoms with Gasteiger partial charge < -0.3 is 11.1 Å². The maximum Gasteiger partial charge on any atom is 0.223 e. The second-order valence-electron chi connectivity index (χ2n) is 3.67. The van der Waals surface area contributed by atoms with Crippen molar-refractivity contribution in [3.63, 3.8) is 0 Å². The minimum atomic E-state index is -0.219. The summed E-state index contributed by atoms with van der Waals surface area (Å²) in [5.41, 5.74) is 5.38. The van der Waals surface area contributed by atoms with Gasteiger partial charge in [0.05, 0.1) is 11.0 Å². The largest absolute Gasteiger partial charge is 0.392 e. The van der Waals surface area contributed by atoms with Crippen molar-refractivity contribution in [2.75, 3.05) is 0 Å². The van der Waals surface area contributed by atoms with Gasteiger partial charge in [-0.25, -0.2) is 0 Å². The second kappa shape index (κ2) is 5.17. The Bertz CT molecular complexity index is 204. The van der Waals surface area contributed by atoms with Gasteiger partial charge in [-0.05, 0) is 12.8 Å². The SMILES string of the molecule is CC(NC(=O)C(C)C(C)C)C(N)=S. The first-order valence-corrected chi connectivity index (χ1v) is 4.86. The number of carbonyl (C=O) groups is 1.